The van der Waals surface area contributed by atoms with Crippen LogP contribution in [0.1, 0.15) is 63.1 Å². The second-order valence-electron chi connectivity index (χ2n) is 8.20. The zero-order valence-corrected chi connectivity index (χ0v) is 19.5. The van der Waals surface area contributed by atoms with E-state index in [4.69, 9.17) is 4.74 Å². The summed E-state index contributed by atoms with van der Waals surface area (Å²) in [6.45, 7) is 11.0. The molecule has 5 heteroatoms. The number of amides is 2. The van der Waals surface area contributed by atoms with Crippen LogP contribution in [-0.2, 0) is 16.1 Å². The maximum absolute atomic E-state index is 13.3. The van der Waals surface area contributed by atoms with Crippen LogP contribution in [0.25, 0.3) is 0 Å². The van der Waals surface area contributed by atoms with E-state index in [1.165, 1.54) is 0 Å². The van der Waals surface area contributed by atoms with Gasteiger partial charge in [-0.1, -0.05) is 75.7 Å². The summed E-state index contributed by atoms with van der Waals surface area (Å²) in [6.07, 6.45) is 1.39. The summed E-state index contributed by atoms with van der Waals surface area (Å²) in [5, 5.41) is 2.94. The molecule has 1 N–H and O–H groups in total. The van der Waals surface area contributed by atoms with Crippen LogP contribution in [0, 0.1) is 6.92 Å². The standard InChI is InChI=1S/C26H36N2O3/c1-6-16-27-26(30)23(7-2)28(17-21-14-12-20(5)13-15-21)25(29)18-31-24-11-9-8-10-22(24)19(3)4/h8-15,19,23H,6-7,16-18H2,1-5H3,(H,27,30). The van der Waals surface area contributed by atoms with Crippen LogP contribution in [0.2, 0.25) is 0 Å². The third-order valence-electron chi connectivity index (χ3n) is 5.30. The number of nitrogens with one attached hydrogen (secondary N) is 1. The van der Waals surface area contributed by atoms with E-state index in [-0.39, 0.29) is 24.3 Å². The first-order valence-corrected chi connectivity index (χ1v) is 11.2. The maximum atomic E-state index is 13.3. The molecule has 0 bridgehead atoms. The molecule has 0 saturated heterocycles. The van der Waals surface area contributed by atoms with Crippen LogP contribution in [0.4, 0.5) is 0 Å². The van der Waals surface area contributed by atoms with Gasteiger partial charge in [-0.25, -0.2) is 0 Å². The van der Waals surface area contributed by atoms with Gasteiger partial charge in [-0.2, -0.15) is 0 Å². The zero-order valence-electron chi connectivity index (χ0n) is 19.5. The fourth-order valence-electron chi connectivity index (χ4n) is 3.49. The molecule has 0 fully saturated rings. The lowest BCUT2D eigenvalue weighted by Gasteiger charge is -2.30. The highest BCUT2D eigenvalue weighted by atomic mass is 16.5. The van der Waals surface area contributed by atoms with Crippen molar-refractivity contribution in [1.29, 1.82) is 0 Å². The molecule has 0 aromatic heterocycles. The van der Waals surface area contributed by atoms with Crippen LogP contribution in [-0.4, -0.2) is 35.9 Å². The summed E-state index contributed by atoms with van der Waals surface area (Å²) in [7, 11) is 0. The predicted octanol–water partition coefficient (Wildman–Crippen LogP) is 4.83. The van der Waals surface area contributed by atoms with Gasteiger partial charge in [-0.3, -0.25) is 9.59 Å². The Morgan fingerprint density at radius 2 is 1.71 bits per heavy atom. The van der Waals surface area contributed by atoms with Crippen LogP contribution >= 0.6 is 0 Å². The lowest BCUT2D eigenvalue weighted by atomic mass is 10.0. The smallest absolute Gasteiger partial charge is 0.261 e. The molecule has 5 nitrogen and oxygen atoms in total. The minimum atomic E-state index is -0.538. The second-order valence-corrected chi connectivity index (χ2v) is 8.20. The number of hydrogen-bond acceptors (Lipinski definition) is 3. The third-order valence-corrected chi connectivity index (χ3v) is 5.30. The minimum absolute atomic E-state index is 0.104. The maximum Gasteiger partial charge on any atom is 0.261 e. The molecule has 0 aliphatic rings. The van der Waals surface area contributed by atoms with Crippen LogP contribution in [0.15, 0.2) is 48.5 Å². The number of para-hydroxylation sites is 1. The molecule has 0 aliphatic heterocycles. The highest BCUT2D eigenvalue weighted by Crippen LogP contribution is 2.26. The van der Waals surface area contributed by atoms with E-state index in [0.29, 0.717) is 25.3 Å². The predicted molar refractivity (Wildman–Crippen MR) is 125 cm³/mol. The van der Waals surface area contributed by atoms with Gasteiger partial charge in [0.2, 0.25) is 5.91 Å². The van der Waals surface area contributed by atoms with Gasteiger partial charge in [0.1, 0.15) is 11.8 Å². The lowest BCUT2D eigenvalue weighted by Crippen LogP contribution is -2.50. The number of aryl methyl sites for hydroxylation is 1. The fraction of sp³-hybridized carbons (Fsp3) is 0.462. The highest BCUT2D eigenvalue weighted by molar-refractivity contribution is 5.88. The first kappa shape index (κ1) is 24.4. The lowest BCUT2D eigenvalue weighted by molar-refractivity contribution is -0.143. The Kier molecular flexibility index (Phi) is 9.57. The van der Waals surface area contributed by atoms with Crippen molar-refractivity contribution in [2.75, 3.05) is 13.2 Å². The Balaban J connectivity index is 2.22. The molecule has 0 heterocycles. The van der Waals surface area contributed by atoms with Gasteiger partial charge in [-0.05, 0) is 42.9 Å². The molecule has 2 aromatic carbocycles. The van der Waals surface area contributed by atoms with E-state index in [1.54, 1.807) is 4.90 Å². The molecular formula is C26H36N2O3. The summed E-state index contributed by atoms with van der Waals surface area (Å²) in [4.78, 5) is 27.7. The van der Waals surface area contributed by atoms with Crippen LogP contribution in [0.3, 0.4) is 0 Å². The summed E-state index contributed by atoms with van der Waals surface area (Å²) in [5.41, 5.74) is 3.21. The topological polar surface area (TPSA) is 58.6 Å². The number of rotatable bonds is 11. The van der Waals surface area contributed by atoms with E-state index < -0.39 is 6.04 Å². The Morgan fingerprint density at radius 3 is 2.32 bits per heavy atom. The minimum Gasteiger partial charge on any atom is -0.483 e. The van der Waals surface area contributed by atoms with Crippen LogP contribution in [0.5, 0.6) is 5.75 Å². The Labute approximate surface area is 186 Å². The molecule has 2 rings (SSSR count). The third kappa shape index (κ3) is 7.12. The van der Waals surface area contributed by atoms with Gasteiger partial charge in [0.05, 0.1) is 0 Å². The van der Waals surface area contributed by atoms with Crippen molar-refractivity contribution in [2.24, 2.45) is 0 Å². The van der Waals surface area contributed by atoms with Gasteiger partial charge >= 0.3 is 0 Å². The number of benzene rings is 2. The van der Waals surface area contributed by atoms with Gasteiger partial charge in [0.15, 0.2) is 6.61 Å². The molecule has 168 valence electrons. The summed E-state index contributed by atoms with van der Waals surface area (Å²) >= 11 is 0. The van der Waals surface area contributed by atoms with Crippen molar-refractivity contribution >= 4 is 11.8 Å². The number of carbonyl (C=O) groups is 2. The molecule has 0 spiro atoms. The van der Waals surface area contributed by atoms with Crippen molar-refractivity contribution in [2.45, 2.75) is 66.0 Å². The van der Waals surface area contributed by atoms with Crippen molar-refractivity contribution in [1.82, 2.24) is 10.2 Å². The number of ether oxygens (including phenoxy) is 1. The zero-order chi connectivity index (χ0) is 22.8. The van der Waals surface area contributed by atoms with E-state index in [2.05, 4.69) is 19.2 Å². The molecule has 2 aromatic rings. The first-order valence-electron chi connectivity index (χ1n) is 11.2. The fourth-order valence-corrected chi connectivity index (χ4v) is 3.49. The Morgan fingerprint density at radius 1 is 1.03 bits per heavy atom. The number of hydrogen-bond donors (Lipinski definition) is 1. The average Bonchev–Trinajstić information content (AvgIpc) is 2.77. The highest BCUT2D eigenvalue weighted by Gasteiger charge is 2.29. The number of nitrogens with zero attached hydrogens (tertiary/aromatic N) is 1. The van der Waals surface area contributed by atoms with E-state index in [9.17, 15) is 9.59 Å². The van der Waals surface area contributed by atoms with Crippen LogP contribution < -0.4 is 10.1 Å². The first-order chi connectivity index (χ1) is 14.9. The van der Waals surface area contributed by atoms with E-state index in [0.717, 1.165) is 23.1 Å². The molecular weight excluding hydrogens is 388 g/mol. The Bertz CT molecular complexity index is 846. The van der Waals surface area contributed by atoms with Crippen molar-refractivity contribution in [3.63, 3.8) is 0 Å². The SMILES string of the molecule is CCCNC(=O)C(CC)N(Cc1ccc(C)cc1)C(=O)COc1ccccc1C(C)C. The summed E-state index contributed by atoms with van der Waals surface area (Å²) in [6, 6.07) is 15.3. The van der Waals surface area contributed by atoms with Crippen molar-refractivity contribution in [3.8, 4) is 5.75 Å². The largest absolute Gasteiger partial charge is 0.483 e. The normalized spacial score (nSPS) is 11.8. The molecule has 1 atom stereocenters. The molecule has 31 heavy (non-hydrogen) atoms. The van der Waals surface area contributed by atoms with E-state index in [1.807, 2.05) is 69.3 Å². The van der Waals surface area contributed by atoms with Gasteiger partial charge < -0.3 is 15.0 Å². The summed E-state index contributed by atoms with van der Waals surface area (Å²) in [5.74, 6) is 0.688. The van der Waals surface area contributed by atoms with Gasteiger partial charge in [0, 0.05) is 13.1 Å². The average molecular weight is 425 g/mol. The Hall–Kier alpha value is -2.82. The molecule has 1 unspecified atom stereocenters. The number of carbonyl (C=O) groups excluding carboxylic acids is 2. The van der Waals surface area contributed by atoms with Crippen molar-refractivity contribution in [3.05, 3.63) is 65.2 Å². The molecule has 0 aliphatic carbocycles. The molecule has 0 radical (unpaired) electrons. The summed E-state index contributed by atoms with van der Waals surface area (Å²) < 4.78 is 5.93. The van der Waals surface area contributed by atoms with Gasteiger partial charge in [-0.15, -0.1) is 0 Å². The molecule has 0 saturated carbocycles. The second kappa shape index (κ2) is 12.1. The molecule has 2 amide bonds. The van der Waals surface area contributed by atoms with Gasteiger partial charge in [0.25, 0.3) is 5.91 Å². The quantitative estimate of drug-likeness (QED) is 0.562. The van der Waals surface area contributed by atoms with E-state index >= 15 is 0 Å². The van der Waals surface area contributed by atoms with Crippen molar-refractivity contribution < 1.29 is 14.3 Å². The monoisotopic (exact) mass is 424 g/mol.